The molecule has 1 aliphatic carbocycles. The normalized spacial score (nSPS) is 20.4. The highest BCUT2D eigenvalue weighted by Gasteiger charge is 2.34. The molecule has 2 atom stereocenters. The molecule has 4 rings (SSSR count). The largest absolute Gasteiger partial charge is 0.478 e. The number of aromatic carboxylic acids is 1. The Hall–Kier alpha value is -3.16. The number of aromatic nitrogens is 2. The summed E-state index contributed by atoms with van der Waals surface area (Å²) < 4.78 is 31.4. The molecule has 0 aliphatic heterocycles. The van der Waals surface area contributed by atoms with Gasteiger partial charge in [-0.1, -0.05) is 20.8 Å². The number of halogens is 2. The number of hydrogen-bond acceptors (Lipinski definition) is 4. The topological polar surface area (TPSA) is 76.4 Å². The van der Waals surface area contributed by atoms with E-state index >= 15 is 0 Å². The zero-order chi connectivity index (χ0) is 23.0. The third kappa shape index (κ3) is 4.69. The molecule has 1 aromatic heterocycles. The van der Waals surface area contributed by atoms with E-state index in [9.17, 15) is 18.7 Å². The van der Waals surface area contributed by atoms with Crippen LogP contribution in [-0.4, -0.2) is 27.2 Å². The van der Waals surface area contributed by atoms with Gasteiger partial charge in [0.15, 0.2) is 0 Å². The average molecular weight is 443 g/mol. The predicted octanol–water partition coefficient (Wildman–Crippen LogP) is 6.47. The van der Waals surface area contributed by atoms with Crippen molar-refractivity contribution in [1.29, 1.82) is 0 Å². The summed E-state index contributed by atoms with van der Waals surface area (Å²) in [6.07, 6.45) is 3.11. The summed E-state index contributed by atoms with van der Waals surface area (Å²) in [6, 6.07) is 11.4. The number of nitrogens with one attached hydrogen (secondary N) is 1. The molecule has 2 N–H and O–H groups in total. The molecule has 1 saturated carbocycles. The van der Waals surface area contributed by atoms with Crippen molar-refractivity contribution in [2.24, 2.45) is 11.3 Å². The van der Waals surface area contributed by atoms with Gasteiger partial charge in [0.2, 0.25) is 5.95 Å². The van der Waals surface area contributed by atoms with E-state index in [0.29, 0.717) is 23.1 Å². The van der Waals surface area contributed by atoms with Crippen LogP contribution in [0, 0.1) is 11.3 Å². The minimum Gasteiger partial charge on any atom is -0.478 e. The number of ether oxygens (including phenoxy) is 1. The molecule has 32 heavy (non-hydrogen) atoms. The van der Waals surface area contributed by atoms with Gasteiger partial charge in [-0.3, -0.25) is 0 Å². The number of rotatable bonds is 6. The highest BCUT2D eigenvalue weighted by atomic mass is 19.3. The monoisotopic (exact) mass is 443 g/mol. The quantitative estimate of drug-likeness (QED) is 0.457. The molecular weight excluding hydrogens is 416 g/mol. The molecule has 1 aliphatic rings. The molecule has 1 fully saturated rings. The molecule has 1 heterocycles. The van der Waals surface area contributed by atoms with Crippen LogP contribution in [0.4, 0.5) is 20.4 Å². The van der Waals surface area contributed by atoms with E-state index in [1.54, 1.807) is 24.3 Å². The molecule has 0 amide bonds. The molecule has 8 heteroatoms. The molecule has 170 valence electrons. The Morgan fingerprint density at radius 3 is 2.56 bits per heavy atom. The van der Waals surface area contributed by atoms with Crippen LogP contribution in [0.1, 0.15) is 56.4 Å². The summed E-state index contributed by atoms with van der Waals surface area (Å²) in [5.41, 5.74) is 2.49. The van der Waals surface area contributed by atoms with Crippen LogP contribution in [0.15, 0.2) is 42.5 Å². The summed E-state index contributed by atoms with van der Waals surface area (Å²) in [6.45, 7) is 3.92. The maximum atomic E-state index is 12.4. The number of nitrogens with zero attached hydrogens (tertiary/aromatic N) is 2. The lowest BCUT2D eigenvalue weighted by molar-refractivity contribution is -0.0498. The van der Waals surface area contributed by atoms with Gasteiger partial charge in [-0.2, -0.15) is 8.78 Å². The first-order chi connectivity index (χ1) is 15.1. The van der Waals surface area contributed by atoms with Crippen molar-refractivity contribution in [2.45, 2.75) is 52.7 Å². The van der Waals surface area contributed by atoms with Crippen molar-refractivity contribution in [1.82, 2.24) is 9.55 Å². The highest BCUT2D eigenvalue weighted by Crippen LogP contribution is 2.46. The fraction of sp³-hybridized carbons (Fsp3) is 0.417. The Morgan fingerprint density at radius 2 is 1.94 bits per heavy atom. The number of carbonyl (C=O) groups is 1. The standard InChI is InChI=1S/C24H27F2N3O3/c1-14-10-17(13-24(2,3)12-14)29-20-9-4-15(21(30)31)11-19(20)28-23(29)27-16-5-7-18(8-6-16)32-22(25)26/h4-9,11,14,17,22H,10,12-13H2,1-3H3,(H,27,28)(H,30,31)/t14-,17+/m0/s1. The molecule has 2 aromatic carbocycles. The number of anilines is 2. The van der Waals surface area contributed by atoms with Crippen LogP contribution in [0.5, 0.6) is 5.75 Å². The van der Waals surface area contributed by atoms with Crippen molar-refractivity contribution in [3.05, 3.63) is 48.0 Å². The number of carboxylic acids is 1. The van der Waals surface area contributed by atoms with Crippen LogP contribution >= 0.6 is 0 Å². The number of alkyl halides is 2. The number of carboxylic acid groups (broad SMARTS) is 1. The Balaban J connectivity index is 1.74. The predicted molar refractivity (Wildman–Crippen MR) is 119 cm³/mol. The van der Waals surface area contributed by atoms with Crippen LogP contribution in [-0.2, 0) is 0 Å². The van der Waals surface area contributed by atoms with Gasteiger partial charge < -0.3 is 19.7 Å². The lowest BCUT2D eigenvalue weighted by atomic mass is 9.70. The summed E-state index contributed by atoms with van der Waals surface area (Å²) in [5.74, 6) is 0.212. The van der Waals surface area contributed by atoms with E-state index in [-0.39, 0.29) is 22.8 Å². The van der Waals surface area contributed by atoms with E-state index in [1.807, 2.05) is 6.07 Å². The summed E-state index contributed by atoms with van der Waals surface area (Å²) >= 11 is 0. The molecular formula is C24H27F2N3O3. The first kappa shape index (κ1) is 22.0. The molecule has 0 saturated heterocycles. The fourth-order valence-electron chi connectivity index (χ4n) is 5.03. The van der Waals surface area contributed by atoms with Crippen LogP contribution in [0.3, 0.4) is 0 Å². The molecule has 0 bridgehead atoms. The summed E-state index contributed by atoms with van der Waals surface area (Å²) in [5, 5.41) is 12.7. The molecule has 6 nitrogen and oxygen atoms in total. The van der Waals surface area contributed by atoms with E-state index < -0.39 is 12.6 Å². The highest BCUT2D eigenvalue weighted by molar-refractivity contribution is 5.93. The van der Waals surface area contributed by atoms with Crippen molar-refractivity contribution < 1.29 is 23.4 Å². The molecule has 0 spiro atoms. The van der Waals surface area contributed by atoms with Gasteiger partial charge in [0, 0.05) is 11.7 Å². The lowest BCUT2D eigenvalue weighted by Gasteiger charge is -2.40. The van der Waals surface area contributed by atoms with Gasteiger partial charge in [0.1, 0.15) is 5.75 Å². The Bertz CT molecular complexity index is 1130. The average Bonchev–Trinajstić information content (AvgIpc) is 3.04. The van der Waals surface area contributed by atoms with Gasteiger partial charge in [-0.15, -0.1) is 0 Å². The smallest absolute Gasteiger partial charge is 0.387 e. The summed E-state index contributed by atoms with van der Waals surface area (Å²) in [4.78, 5) is 16.2. The number of fused-ring (bicyclic) bond motifs is 1. The van der Waals surface area contributed by atoms with Gasteiger partial charge in [0.05, 0.1) is 16.6 Å². The van der Waals surface area contributed by atoms with E-state index in [2.05, 4.69) is 35.4 Å². The minimum absolute atomic E-state index is 0.0769. The SMILES string of the molecule is C[C@H]1C[C@@H](n2c(Nc3ccc(OC(F)F)cc3)nc3cc(C(=O)O)ccc32)CC(C)(C)C1. The fourth-order valence-corrected chi connectivity index (χ4v) is 5.03. The third-order valence-electron chi connectivity index (χ3n) is 6.00. The van der Waals surface area contributed by atoms with Crippen molar-refractivity contribution >= 4 is 28.6 Å². The Morgan fingerprint density at radius 1 is 1.22 bits per heavy atom. The lowest BCUT2D eigenvalue weighted by Crippen LogP contribution is -2.29. The zero-order valence-corrected chi connectivity index (χ0v) is 18.3. The number of benzene rings is 2. The maximum absolute atomic E-state index is 12.4. The first-order valence-electron chi connectivity index (χ1n) is 10.7. The van der Waals surface area contributed by atoms with Crippen LogP contribution < -0.4 is 10.1 Å². The second kappa shape index (κ2) is 8.41. The number of imidazole rings is 1. The van der Waals surface area contributed by atoms with Gasteiger partial charge in [-0.25, -0.2) is 9.78 Å². The van der Waals surface area contributed by atoms with Gasteiger partial charge >= 0.3 is 12.6 Å². The Kier molecular flexibility index (Phi) is 5.79. The van der Waals surface area contributed by atoms with Gasteiger partial charge in [-0.05, 0) is 73.1 Å². The van der Waals surface area contributed by atoms with Crippen LogP contribution in [0.25, 0.3) is 11.0 Å². The van der Waals surface area contributed by atoms with E-state index in [0.717, 1.165) is 24.8 Å². The third-order valence-corrected chi connectivity index (χ3v) is 6.00. The number of hydrogen-bond donors (Lipinski definition) is 2. The maximum Gasteiger partial charge on any atom is 0.387 e. The van der Waals surface area contributed by atoms with Crippen molar-refractivity contribution in [2.75, 3.05) is 5.32 Å². The second-order valence-electron chi connectivity index (χ2n) is 9.41. The van der Waals surface area contributed by atoms with Crippen molar-refractivity contribution in [3.63, 3.8) is 0 Å². The van der Waals surface area contributed by atoms with E-state index in [4.69, 9.17) is 4.98 Å². The molecule has 0 radical (unpaired) electrons. The molecule has 3 aromatic rings. The second-order valence-corrected chi connectivity index (χ2v) is 9.41. The van der Waals surface area contributed by atoms with Crippen molar-refractivity contribution in [3.8, 4) is 5.75 Å². The minimum atomic E-state index is -2.88. The van der Waals surface area contributed by atoms with E-state index in [1.165, 1.54) is 12.1 Å². The van der Waals surface area contributed by atoms with Crippen LogP contribution in [0.2, 0.25) is 0 Å². The summed E-state index contributed by atoms with van der Waals surface area (Å²) in [7, 11) is 0. The Labute approximate surface area is 185 Å². The molecule has 0 unspecified atom stereocenters. The first-order valence-corrected chi connectivity index (χ1v) is 10.7. The zero-order valence-electron chi connectivity index (χ0n) is 18.3. The van der Waals surface area contributed by atoms with Gasteiger partial charge in [0.25, 0.3) is 0 Å².